The van der Waals surface area contributed by atoms with Crippen molar-refractivity contribution in [3.05, 3.63) is 30.1 Å². The lowest BCUT2D eigenvalue weighted by Crippen LogP contribution is -2.45. The molecule has 0 saturated heterocycles. The summed E-state index contributed by atoms with van der Waals surface area (Å²) in [6.45, 7) is 4.40. The molecule has 0 atom stereocenters. The van der Waals surface area contributed by atoms with Crippen LogP contribution in [0.1, 0.15) is 32.4 Å². The first kappa shape index (κ1) is 9.21. The SMILES string of the molecule is CC1(C)CC(C#N)(c2ccccn2)C1. The summed E-state index contributed by atoms with van der Waals surface area (Å²) >= 11 is 0. The van der Waals surface area contributed by atoms with Crippen LogP contribution in [0.3, 0.4) is 0 Å². The minimum atomic E-state index is -0.315. The van der Waals surface area contributed by atoms with E-state index in [1.807, 2.05) is 18.2 Å². The maximum atomic E-state index is 9.23. The fraction of sp³-hybridized carbons (Fsp3) is 0.500. The van der Waals surface area contributed by atoms with E-state index in [4.69, 9.17) is 0 Å². The van der Waals surface area contributed by atoms with Gasteiger partial charge in [0.2, 0.25) is 0 Å². The number of hydrogen-bond acceptors (Lipinski definition) is 2. The molecule has 1 saturated carbocycles. The van der Waals surface area contributed by atoms with Crippen molar-refractivity contribution in [3.63, 3.8) is 0 Å². The second kappa shape index (κ2) is 2.81. The van der Waals surface area contributed by atoms with Gasteiger partial charge in [0.05, 0.1) is 11.8 Å². The molecule has 0 aliphatic heterocycles. The van der Waals surface area contributed by atoms with Gasteiger partial charge in [-0.25, -0.2) is 0 Å². The Hall–Kier alpha value is -1.36. The minimum absolute atomic E-state index is 0.299. The van der Waals surface area contributed by atoms with Gasteiger partial charge in [0, 0.05) is 6.20 Å². The third kappa shape index (κ3) is 1.29. The third-order valence-electron chi connectivity index (χ3n) is 2.93. The summed E-state index contributed by atoms with van der Waals surface area (Å²) in [5.74, 6) is 0. The van der Waals surface area contributed by atoms with Crippen molar-refractivity contribution in [2.45, 2.75) is 32.1 Å². The Morgan fingerprint density at radius 2 is 2.07 bits per heavy atom. The monoisotopic (exact) mass is 186 g/mol. The van der Waals surface area contributed by atoms with E-state index >= 15 is 0 Å². The molecule has 1 heterocycles. The van der Waals surface area contributed by atoms with Gasteiger partial charge in [0.15, 0.2) is 0 Å². The van der Waals surface area contributed by atoms with Gasteiger partial charge >= 0.3 is 0 Å². The molecule has 0 unspecified atom stereocenters. The second-order valence-corrected chi connectivity index (χ2v) is 4.93. The second-order valence-electron chi connectivity index (χ2n) is 4.93. The van der Waals surface area contributed by atoms with Crippen LogP contribution in [0.15, 0.2) is 24.4 Å². The molecule has 0 N–H and O–H groups in total. The molecule has 1 fully saturated rings. The summed E-state index contributed by atoms with van der Waals surface area (Å²) in [4.78, 5) is 4.29. The van der Waals surface area contributed by atoms with E-state index in [1.54, 1.807) is 6.20 Å². The molecule has 1 aliphatic rings. The van der Waals surface area contributed by atoms with Crippen molar-refractivity contribution >= 4 is 0 Å². The van der Waals surface area contributed by atoms with E-state index in [-0.39, 0.29) is 5.41 Å². The van der Waals surface area contributed by atoms with Crippen molar-refractivity contribution in [1.29, 1.82) is 5.26 Å². The standard InChI is InChI=1S/C12H14N2/c1-11(2)7-12(8-11,9-13)10-5-3-4-6-14-10/h3-6H,7-8H2,1-2H3. The van der Waals surface area contributed by atoms with Gasteiger partial charge in [-0.1, -0.05) is 19.9 Å². The number of hydrogen-bond donors (Lipinski definition) is 0. The number of aromatic nitrogens is 1. The third-order valence-corrected chi connectivity index (χ3v) is 2.93. The molecule has 0 aromatic carbocycles. The Morgan fingerprint density at radius 3 is 2.50 bits per heavy atom. The highest BCUT2D eigenvalue weighted by atomic mass is 14.7. The lowest BCUT2D eigenvalue weighted by atomic mass is 9.54. The van der Waals surface area contributed by atoms with Gasteiger partial charge in [-0.3, -0.25) is 4.98 Å². The van der Waals surface area contributed by atoms with Gasteiger partial charge in [-0.15, -0.1) is 0 Å². The number of pyridine rings is 1. The fourth-order valence-corrected chi connectivity index (χ4v) is 2.55. The summed E-state index contributed by atoms with van der Waals surface area (Å²) in [7, 11) is 0. The lowest BCUT2D eigenvalue weighted by Gasteiger charge is -2.48. The zero-order valence-corrected chi connectivity index (χ0v) is 8.62. The molecule has 0 spiro atoms. The van der Waals surface area contributed by atoms with E-state index in [9.17, 15) is 5.26 Å². The predicted molar refractivity (Wildman–Crippen MR) is 54.5 cm³/mol. The van der Waals surface area contributed by atoms with Crippen LogP contribution in [-0.4, -0.2) is 4.98 Å². The average molecular weight is 186 g/mol. The summed E-state index contributed by atoms with van der Waals surface area (Å²) < 4.78 is 0. The predicted octanol–water partition coefficient (Wildman–Crippen LogP) is 2.66. The minimum Gasteiger partial charge on any atom is -0.260 e. The lowest BCUT2D eigenvalue weighted by molar-refractivity contribution is 0.0967. The zero-order valence-electron chi connectivity index (χ0n) is 8.62. The van der Waals surface area contributed by atoms with E-state index in [1.165, 1.54) is 0 Å². The van der Waals surface area contributed by atoms with Crippen LogP contribution in [0.4, 0.5) is 0 Å². The molecule has 14 heavy (non-hydrogen) atoms. The van der Waals surface area contributed by atoms with Crippen LogP contribution in [0.5, 0.6) is 0 Å². The number of nitriles is 1. The summed E-state index contributed by atoms with van der Waals surface area (Å²) in [5.41, 5.74) is 0.916. The van der Waals surface area contributed by atoms with Crippen LogP contribution in [0, 0.1) is 16.7 Å². The molecule has 0 amide bonds. The van der Waals surface area contributed by atoms with Gasteiger partial charge in [-0.2, -0.15) is 5.26 Å². The molecule has 0 radical (unpaired) electrons. The molecule has 1 aromatic rings. The molecular formula is C12H14N2. The highest BCUT2D eigenvalue weighted by Crippen LogP contribution is 2.54. The molecule has 1 aromatic heterocycles. The molecule has 2 nitrogen and oxygen atoms in total. The van der Waals surface area contributed by atoms with Gasteiger partial charge < -0.3 is 0 Å². The zero-order chi connectivity index (χ0) is 10.2. The number of nitrogens with zero attached hydrogens (tertiary/aromatic N) is 2. The van der Waals surface area contributed by atoms with Crippen LogP contribution in [0.25, 0.3) is 0 Å². The highest BCUT2D eigenvalue weighted by Gasteiger charge is 2.51. The van der Waals surface area contributed by atoms with E-state index in [0.29, 0.717) is 5.41 Å². The Labute approximate surface area is 84.6 Å². The molecule has 0 bridgehead atoms. The molecule has 2 heteroatoms. The highest BCUT2D eigenvalue weighted by molar-refractivity contribution is 5.32. The molecule has 72 valence electrons. The largest absolute Gasteiger partial charge is 0.260 e. The van der Waals surface area contributed by atoms with Crippen molar-refractivity contribution in [2.75, 3.05) is 0 Å². The summed E-state index contributed by atoms with van der Waals surface area (Å²) in [5, 5.41) is 9.23. The summed E-state index contributed by atoms with van der Waals surface area (Å²) in [6.07, 6.45) is 3.61. The fourth-order valence-electron chi connectivity index (χ4n) is 2.55. The van der Waals surface area contributed by atoms with Crippen LogP contribution < -0.4 is 0 Å². The normalized spacial score (nSPS) is 22.1. The van der Waals surface area contributed by atoms with Crippen molar-refractivity contribution < 1.29 is 0 Å². The molecular weight excluding hydrogens is 172 g/mol. The van der Waals surface area contributed by atoms with E-state index in [2.05, 4.69) is 24.9 Å². The smallest absolute Gasteiger partial charge is 0.100 e. The van der Waals surface area contributed by atoms with Gasteiger partial charge in [0.25, 0.3) is 0 Å². The van der Waals surface area contributed by atoms with Crippen LogP contribution in [0.2, 0.25) is 0 Å². The first-order chi connectivity index (χ1) is 6.58. The van der Waals surface area contributed by atoms with Gasteiger partial charge in [-0.05, 0) is 30.4 Å². The van der Waals surface area contributed by atoms with Crippen LogP contribution >= 0.6 is 0 Å². The van der Waals surface area contributed by atoms with Crippen molar-refractivity contribution in [1.82, 2.24) is 4.98 Å². The Morgan fingerprint density at radius 1 is 1.36 bits per heavy atom. The summed E-state index contributed by atoms with van der Waals surface area (Å²) in [6, 6.07) is 8.22. The Bertz CT molecular complexity index is 365. The van der Waals surface area contributed by atoms with Gasteiger partial charge in [0.1, 0.15) is 5.41 Å². The number of rotatable bonds is 1. The van der Waals surface area contributed by atoms with Crippen molar-refractivity contribution in [3.8, 4) is 6.07 Å². The maximum Gasteiger partial charge on any atom is 0.100 e. The Kier molecular flexibility index (Phi) is 1.85. The topological polar surface area (TPSA) is 36.7 Å². The molecule has 2 rings (SSSR count). The van der Waals surface area contributed by atoms with Crippen LogP contribution in [-0.2, 0) is 5.41 Å². The Balaban J connectivity index is 2.31. The first-order valence-corrected chi connectivity index (χ1v) is 4.91. The quantitative estimate of drug-likeness (QED) is 0.676. The van der Waals surface area contributed by atoms with E-state index < -0.39 is 0 Å². The maximum absolute atomic E-state index is 9.23. The first-order valence-electron chi connectivity index (χ1n) is 4.91. The molecule has 1 aliphatic carbocycles. The average Bonchev–Trinajstić information content (AvgIpc) is 2.15. The van der Waals surface area contributed by atoms with E-state index in [0.717, 1.165) is 18.5 Å². The van der Waals surface area contributed by atoms with Crippen molar-refractivity contribution in [2.24, 2.45) is 5.41 Å².